The zero-order valence-corrected chi connectivity index (χ0v) is 15.8. The Labute approximate surface area is 143 Å². The van der Waals surface area contributed by atoms with Crippen molar-refractivity contribution >= 4 is 15.9 Å². The van der Waals surface area contributed by atoms with Gasteiger partial charge < -0.3 is 4.90 Å². The third kappa shape index (κ3) is 2.47. The van der Waals surface area contributed by atoms with Crippen LogP contribution in [0, 0.1) is 13.8 Å². The smallest absolute Gasteiger partial charge is 0.247 e. The molecule has 0 radical (unpaired) electrons. The average molecular weight is 354 g/mol. The second-order valence-electron chi connectivity index (χ2n) is 7.12. The molecule has 2 atom stereocenters. The minimum absolute atomic E-state index is 0.00392. The molecular weight excluding hydrogens is 328 g/mol. The quantitative estimate of drug-likeness (QED) is 0.824. The Morgan fingerprint density at radius 2 is 1.92 bits per heavy atom. The summed E-state index contributed by atoms with van der Waals surface area (Å²) >= 11 is 0. The van der Waals surface area contributed by atoms with Gasteiger partial charge in [0.05, 0.1) is 11.4 Å². The van der Waals surface area contributed by atoms with Gasteiger partial charge in [-0.3, -0.25) is 9.48 Å². The molecule has 3 rings (SSSR count). The summed E-state index contributed by atoms with van der Waals surface area (Å²) in [4.78, 5) is 14.7. The van der Waals surface area contributed by atoms with Crippen LogP contribution in [0.1, 0.15) is 51.0 Å². The molecule has 1 amide bonds. The largest absolute Gasteiger partial charge is 0.337 e. The summed E-state index contributed by atoms with van der Waals surface area (Å²) in [5.74, 6) is -0.0844. The van der Waals surface area contributed by atoms with Gasteiger partial charge in [-0.1, -0.05) is 0 Å². The number of sulfonamides is 1. The lowest BCUT2D eigenvalue weighted by Crippen LogP contribution is -2.60. The fourth-order valence-electron chi connectivity index (χ4n) is 3.99. The number of amides is 1. The van der Waals surface area contributed by atoms with Crippen LogP contribution in [0.2, 0.25) is 0 Å². The van der Waals surface area contributed by atoms with E-state index in [4.69, 9.17) is 0 Å². The van der Waals surface area contributed by atoms with Gasteiger partial charge in [0.15, 0.2) is 0 Å². The average Bonchev–Trinajstić information content (AvgIpc) is 3.07. The Balaban J connectivity index is 2.03. The van der Waals surface area contributed by atoms with E-state index >= 15 is 0 Å². The SMILES string of the molecule is Cc1nn(C(C)C)c(C)c1S(=O)(=O)N1C[C@H]2CCCN2C(=O)[C@H]1C. The van der Waals surface area contributed by atoms with Crippen LogP contribution in [-0.4, -0.2) is 58.5 Å². The van der Waals surface area contributed by atoms with Crippen molar-refractivity contribution in [3.05, 3.63) is 11.4 Å². The van der Waals surface area contributed by atoms with E-state index in [1.165, 1.54) is 4.31 Å². The van der Waals surface area contributed by atoms with E-state index in [0.717, 1.165) is 19.4 Å². The first-order valence-corrected chi connectivity index (χ1v) is 9.98. The fourth-order valence-corrected chi connectivity index (χ4v) is 5.98. The van der Waals surface area contributed by atoms with Crippen LogP contribution < -0.4 is 0 Å². The van der Waals surface area contributed by atoms with E-state index in [9.17, 15) is 13.2 Å². The number of nitrogens with zero attached hydrogens (tertiary/aromatic N) is 4. The standard InChI is InChI=1S/C16H26N4O3S/c1-10(2)20-12(4)15(11(3)17-20)24(22,23)19-9-14-7-6-8-18(14)16(21)13(19)5/h10,13-14H,6-9H2,1-5H3/t13-,14-/m1/s1. The number of aryl methyl sites for hydroxylation is 1. The molecule has 2 fully saturated rings. The van der Waals surface area contributed by atoms with Gasteiger partial charge in [-0.25, -0.2) is 8.42 Å². The first-order valence-electron chi connectivity index (χ1n) is 8.54. The molecule has 2 aliphatic rings. The summed E-state index contributed by atoms with van der Waals surface area (Å²) in [6, 6.07) is -0.576. The van der Waals surface area contributed by atoms with Crippen molar-refractivity contribution < 1.29 is 13.2 Å². The summed E-state index contributed by atoms with van der Waals surface area (Å²) in [7, 11) is -3.75. The number of hydrogen-bond donors (Lipinski definition) is 0. The highest BCUT2D eigenvalue weighted by molar-refractivity contribution is 7.89. The van der Waals surface area contributed by atoms with Gasteiger partial charge in [-0.05, 0) is 47.5 Å². The second kappa shape index (κ2) is 5.84. The van der Waals surface area contributed by atoms with Crippen LogP contribution >= 0.6 is 0 Å². The minimum Gasteiger partial charge on any atom is -0.337 e. The normalized spacial score (nSPS) is 25.6. The van der Waals surface area contributed by atoms with E-state index in [1.54, 1.807) is 25.5 Å². The van der Waals surface area contributed by atoms with Crippen molar-refractivity contribution in [2.24, 2.45) is 0 Å². The molecule has 1 aromatic heterocycles. The summed E-state index contributed by atoms with van der Waals surface area (Å²) in [6.07, 6.45) is 1.81. The van der Waals surface area contributed by atoms with E-state index < -0.39 is 16.1 Å². The van der Waals surface area contributed by atoms with E-state index in [2.05, 4.69) is 5.10 Å². The molecule has 0 aliphatic carbocycles. The number of carbonyl (C=O) groups is 1. The zero-order chi connectivity index (χ0) is 17.8. The van der Waals surface area contributed by atoms with Crippen molar-refractivity contribution in [1.29, 1.82) is 0 Å². The third-order valence-corrected chi connectivity index (χ3v) is 7.34. The molecular formula is C16H26N4O3S. The molecule has 2 aliphatic heterocycles. The van der Waals surface area contributed by atoms with Crippen LogP contribution in [0.15, 0.2) is 4.90 Å². The monoisotopic (exact) mass is 354 g/mol. The summed E-state index contributed by atoms with van der Waals surface area (Å²) in [6.45, 7) is 10.2. The Morgan fingerprint density at radius 1 is 1.25 bits per heavy atom. The topological polar surface area (TPSA) is 75.5 Å². The van der Waals surface area contributed by atoms with Gasteiger partial charge in [0, 0.05) is 25.2 Å². The molecule has 134 valence electrons. The van der Waals surface area contributed by atoms with Crippen LogP contribution in [0.5, 0.6) is 0 Å². The maximum absolute atomic E-state index is 13.3. The first kappa shape index (κ1) is 17.4. The molecule has 3 heterocycles. The Bertz CT molecular complexity index is 769. The molecule has 0 bridgehead atoms. The Hall–Kier alpha value is -1.41. The summed E-state index contributed by atoms with van der Waals surface area (Å²) < 4.78 is 29.7. The summed E-state index contributed by atoms with van der Waals surface area (Å²) in [5.41, 5.74) is 1.13. The van der Waals surface area contributed by atoms with Gasteiger partial charge in [0.2, 0.25) is 15.9 Å². The fraction of sp³-hybridized carbons (Fsp3) is 0.750. The number of piperazine rings is 1. The lowest BCUT2D eigenvalue weighted by atomic mass is 10.1. The van der Waals surface area contributed by atoms with Crippen molar-refractivity contribution in [2.45, 2.75) is 70.5 Å². The molecule has 7 nitrogen and oxygen atoms in total. The highest BCUT2D eigenvalue weighted by atomic mass is 32.2. The summed E-state index contributed by atoms with van der Waals surface area (Å²) in [5, 5.41) is 4.40. The van der Waals surface area contributed by atoms with Crippen molar-refractivity contribution in [3.63, 3.8) is 0 Å². The van der Waals surface area contributed by atoms with Crippen LogP contribution in [0.4, 0.5) is 0 Å². The van der Waals surface area contributed by atoms with Gasteiger partial charge in [-0.2, -0.15) is 9.40 Å². The number of hydrogen-bond acceptors (Lipinski definition) is 4. The first-order chi connectivity index (χ1) is 11.2. The van der Waals surface area contributed by atoms with E-state index in [1.807, 2.05) is 18.7 Å². The van der Waals surface area contributed by atoms with Gasteiger partial charge in [0.25, 0.3) is 0 Å². The number of fused-ring (bicyclic) bond motifs is 1. The highest BCUT2D eigenvalue weighted by Crippen LogP contribution is 2.32. The number of aromatic nitrogens is 2. The Kier molecular flexibility index (Phi) is 4.24. The van der Waals surface area contributed by atoms with Crippen LogP contribution in [-0.2, 0) is 14.8 Å². The van der Waals surface area contributed by atoms with Gasteiger partial charge in [-0.15, -0.1) is 0 Å². The predicted octanol–water partition coefficient (Wildman–Crippen LogP) is 1.46. The van der Waals surface area contributed by atoms with Crippen molar-refractivity contribution in [1.82, 2.24) is 19.0 Å². The lowest BCUT2D eigenvalue weighted by molar-refractivity contribution is -0.139. The highest BCUT2D eigenvalue weighted by Gasteiger charge is 2.46. The predicted molar refractivity (Wildman–Crippen MR) is 90.2 cm³/mol. The van der Waals surface area contributed by atoms with E-state index in [0.29, 0.717) is 17.9 Å². The van der Waals surface area contributed by atoms with E-state index in [-0.39, 0.29) is 22.9 Å². The minimum atomic E-state index is -3.75. The molecule has 0 aromatic carbocycles. The molecule has 0 unspecified atom stereocenters. The maximum Gasteiger partial charge on any atom is 0.247 e. The Morgan fingerprint density at radius 3 is 2.50 bits per heavy atom. The molecule has 0 N–H and O–H groups in total. The van der Waals surface area contributed by atoms with Crippen molar-refractivity contribution in [3.8, 4) is 0 Å². The zero-order valence-electron chi connectivity index (χ0n) is 15.0. The molecule has 0 spiro atoms. The second-order valence-corrected chi connectivity index (χ2v) is 8.94. The van der Waals surface area contributed by atoms with Crippen LogP contribution in [0.3, 0.4) is 0 Å². The van der Waals surface area contributed by atoms with Crippen molar-refractivity contribution in [2.75, 3.05) is 13.1 Å². The molecule has 24 heavy (non-hydrogen) atoms. The molecule has 8 heteroatoms. The third-order valence-electron chi connectivity index (χ3n) is 5.15. The molecule has 0 saturated carbocycles. The molecule has 1 aromatic rings. The lowest BCUT2D eigenvalue weighted by Gasteiger charge is -2.40. The number of rotatable bonds is 3. The number of carbonyl (C=O) groups excluding carboxylic acids is 1. The maximum atomic E-state index is 13.3. The molecule has 2 saturated heterocycles. The van der Waals surface area contributed by atoms with Gasteiger partial charge in [0.1, 0.15) is 10.9 Å². The van der Waals surface area contributed by atoms with Crippen LogP contribution in [0.25, 0.3) is 0 Å². The van der Waals surface area contributed by atoms with Gasteiger partial charge >= 0.3 is 0 Å².